The Morgan fingerprint density at radius 3 is 2.50 bits per heavy atom. The van der Waals surface area contributed by atoms with Gasteiger partial charge in [0.25, 0.3) is 0 Å². The van der Waals surface area contributed by atoms with Gasteiger partial charge in [-0.2, -0.15) is 0 Å². The Morgan fingerprint density at radius 2 is 1.83 bits per heavy atom. The number of hydrogen-bond donors (Lipinski definition) is 1. The quantitative estimate of drug-likeness (QED) is 0.833. The lowest BCUT2D eigenvalue weighted by Crippen LogP contribution is -2.40. The molecule has 0 radical (unpaired) electrons. The monoisotopic (exact) mass is 253 g/mol. The molecule has 1 N–H and O–H groups in total. The molecule has 106 valence electrons. The number of nitrogens with zero attached hydrogens (tertiary/aromatic N) is 1. The first-order chi connectivity index (χ1) is 8.64. The summed E-state index contributed by atoms with van der Waals surface area (Å²) in [6.07, 6.45) is 9.62. The van der Waals surface area contributed by atoms with E-state index in [4.69, 9.17) is 0 Å². The van der Waals surface area contributed by atoms with E-state index in [-0.39, 0.29) is 5.60 Å². The minimum atomic E-state index is -0.345. The highest BCUT2D eigenvalue weighted by molar-refractivity contribution is 4.91. The van der Waals surface area contributed by atoms with Gasteiger partial charge in [-0.05, 0) is 63.5 Å². The predicted octanol–water partition coefficient (Wildman–Crippen LogP) is 3.44. The van der Waals surface area contributed by atoms with Crippen molar-refractivity contribution in [3.63, 3.8) is 0 Å². The Labute approximate surface area is 113 Å². The van der Waals surface area contributed by atoms with E-state index in [0.29, 0.717) is 5.92 Å². The van der Waals surface area contributed by atoms with Gasteiger partial charge in [0.05, 0.1) is 5.60 Å². The smallest absolute Gasteiger partial charge is 0.0688 e. The van der Waals surface area contributed by atoms with Crippen LogP contribution in [0.25, 0.3) is 0 Å². The molecule has 18 heavy (non-hydrogen) atoms. The van der Waals surface area contributed by atoms with Gasteiger partial charge in [0.1, 0.15) is 0 Å². The lowest BCUT2D eigenvalue weighted by atomic mass is 9.71. The number of aliphatic hydroxyl groups is 1. The van der Waals surface area contributed by atoms with Crippen molar-refractivity contribution in [3.8, 4) is 0 Å². The van der Waals surface area contributed by atoms with Crippen LogP contribution in [0.2, 0.25) is 0 Å². The fraction of sp³-hybridized carbons (Fsp3) is 1.00. The van der Waals surface area contributed by atoms with Crippen LogP contribution in [0.3, 0.4) is 0 Å². The maximum Gasteiger partial charge on any atom is 0.0688 e. The maximum absolute atomic E-state index is 11.0. The third kappa shape index (κ3) is 3.48. The normalized spacial score (nSPS) is 39.5. The summed E-state index contributed by atoms with van der Waals surface area (Å²) in [5.74, 6) is 1.46. The van der Waals surface area contributed by atoms with Gasteiger partial charge >= 0.3 is 0 Å². The molecule has 2 nitrogen and oxygen atoms in total. The molecule has 0 amide bonds. The molecule has 0 bridgehead atoms. The summed E-state index contributed by atoms with van der Waals surface area (Å²) in [5, 5.41) is 11.0. The first-order valence-electron chi connectivity index (χ1n) is 8.09. The molecule has 2 fully saturated rings. The van der Waals surface area contributed by atoms with E-state index in [1.54, 1.807) is 0 Å². The third-order valence-electron chi connectivity index (χ3n) is 5.26. The summed E-state index contributed by atoms with van der Waals surface area (Å²) in [4.78, 5) is 2.55. The van der Waals surface area contributed by atoms with Gasteiger partial charge in [0, 0.05) is 6.54 Å². The Balaban J connectivity index is 1.90. The predicted molar refractivity (Wildman–Crippen MR) is 76.7 cm³/mol. The van der Waals surface area contributed by atoms with E-state index >= 15 is 0 Å². The lowest BCUT2D eigenvalue weighted by molar-refractivity contribution is -0.0485. The van der Waals surface area contributed by atoms with Crippen molar-refractivity contribution < 1.29 is 5.11 Å². The standard InChI is InChI=1S/C16H31NO/c1-3-11-17-12-4-9-16(18,10-13-17)15-7-5-14(2)6-8-15/h14-15,18H,3-13H2,1-2H3. The second-order valence-electron chi connectivity index (χ2n) is 6.76. The average molecular weight is 253 g/mol. The molecule has 0 aromatic carbocycles. The molecule has 2 heteroatoms. The molecule has 0 aromatic rings. The van der Waals surface area contributed by atoms with Gasteiger partial charge in [0.15, 0.2) is 0 Å². The molecule has 0 spiro atoms. The molecule has 0 aromatic heterocycles. The van der Waals surface area contributed by atoms with Crippen molar-refractivity contribution in [2.45, 2.75) is 70.8 Å². The summed E-state index contributed by atoms with van der Waals surface area (Å²) in [5.41, 5.74) is -0.345. The number of likely N-dealkylation sites (tertiary alicyclic amines) is 1. The molecule has 1 heterocycles. The van der Waals surface area contributed by atoms with Crippen LogP contribution in [0.5, 0.6) is 0 Å². The molecule has 1 atom stereocenters. The highest BCUT2D eigenvalue weighted by Gasteiger charge is 2.39. The van der Waals surface area contributed by atoms with Crippen LogP contribution >= 0.6 is 0 Å². The van der Waals surface area contributed by atoms with E-state index in [1.165, 1.54) is 51.6 Å². The molecular weight excluding hydrogens is 222 g/mol. The molecule has 1 unspecified atom stereocenters. The minimum absolute atomic E-state index is 0.345. The van der Waals surface area contributed by atoms with Crippen molar-refractivity contribution in [2.24, 2.45) is 11.8 Å². The molecule has 1 saturated carbocycles. The molecule has 1 aliphatic carbocycles. The van der Waals surface area contributed by atoms with E-state index in [1.807, 2.05) is 0 Å². The average Bonchev–Trinajstić information content (AvgIpc) is 2.54. The van der Waals surface area contributed by atoms with Crippen molar-refractivity contribution in [3.05, 3.63) is 0 Å². The van der Waals surface area contributed by atoms with E-state index in [2.05, 4.69) is 18.7 Å². The van der Waals surface area contributed by atoms with Crippen LogP contribution in [0.1, 0.15) is 65.2 Å². The van der Waals surface area contributed by atoms with Crippen LogP contribution in [-0.2, 0) is 0 Å². The zero-order valence-electron chi connectivity index (χ0n) is 12.3. The van der Waals surface area contributed by atoms with Gasteiger partial charge in [0.2, 0.25) is 0 Å². The largest absolute Gasteiger partial charge is 0.390 e. The summed E-state index contributed by atoms with van der Waals surface area (Å²) in [6, 6.07) is 0. The zero-order valence-corrected chi connectivity index (χ0v) is 12.3. The van der Waals surface area contributed by atoms with E-state index < -0.39 is 0 Å². The molecular formula is C16H31NO. The van der Waals surface area contributed by atoms with E-state index in [9.17, 15) is 5.11 Å². The number of hydrogen-bond acceptors (Lipinski definition) is 2. The van der Waals surface area contributed by atoms with Crippen LogP contribution in [-0.4, -0.2) is 35.2 Å². The lowest BCUT2D eigenvalue weighted by Gasteiger charge is -2.39. The summed E-state index contributed by atoms with van der Waals surface area (Å²) >= 11 is 0. The Kier molecular flexibility index (Phi) is 5.08. The van der Waals surface area contributed by atoms with E-state index in [0.717, 1.165) is 25.3 Å². The van der Waals surface area contributed by atoms with Gasteiger partial charge in [-0.15, -0.1) is 0 Å². The summed E-state index contributed by atoms with van der Waals surface area (Å²) in [6.45, 7) is 8.11. The van der Waals surface area contributed by atoms with Gasteiger partial charge in [-0.25, -0.2) is 0 Å². The maximum atomic E-state index is 11.0. The Morgan fingerprint density at radius 1 is 1.11 bits per heavy atom. The Bertz CT molecular complexity index is 247. The van der Waals surface area contributed by atoms with Crippen molar-refractivity contribution in [1.82, 2.24) is 4.90 Å². The van der Waals surface area contributed by atoms with Crippen LogP contribution in [0, 0.1) is 11.8 Å². The van der Waals surface area contributed by atoms with Crippen LogP contribution < -0.4 is 0 Å². The number of rotatable bonds is 3. The third-order valence-corrected chi connectivity index (χ3v) is 5.26. The second kappa shape index (κ2) is 6.38. The second-order valence-corrected chi connectivity index (χ2v) is 6.76. The van der Waals surface area contributed by atoms with Crippen molar-refractivity contribution in [2.75, 3.05) is 19.6 Å². The van der Waals surface area contributed by atoms with Gasteiger partial charge < -0.3 is 10.0 Å². The SMILES string of the molecule is CCCN1CCCC(O)(C2CCC(C)CC2)CC1. The highest BCUT2D eigenvalue weighted by atomic mass is 16.3. The Hall–Kier alpha value is -0.0800. The fourth-order valence-electron chi connectivity index (χ4n) is 3.94. The molecule has 2 aliphatic rings. The van der Waals surface area contributed by atoms with Crippen molar-refractivity contribution >= 4 is 0 Å². The molecule has 1 aliphatic heterocycles. The van der Waals surface area contributed by atoms with Gasteiger partial charge in [-0.3, -0.25) is 0 Å². The highest BCUT2D eigenvalue weighted by Crippen LogP contribution is 2.40. The first kappa shape index (κ1) is 14.3. The summed E-state index contributed by atoms with van der Waals surface area (Å²) in [7, 11) is 0. The molecule has 2 rings (SSSR count). The summed E-state index contributed by atoms with van der Waals surface area (Å²) < 4.78 is 0. The van der Waals surface area contributed by atoms with Crippen LogP contribution in [0.15, 0.2) is 0 Å². The molecule has 1 saturated heterocycles. The topological polar surface area (TPSA) is 23.5 Å². The zero-order chi connectivity index (χ0) is 13.0. The van der Waals surface area contributed by atoms with Gasteiger partial charge in [-0.1, -0.05) is 26.7 Å². The first-order valence-corrected chi connectivity index (χ1v) is 8.09. The van der Waals surface area contributed by atoms with Crippen LogP contribution in [0.4, 0.5) is 0 Å². The van der Waals surface area contributed by atoms with Crippen molar-refractivity contribution in [1.29, 1.82) is 0 Å². The fourth-order valence-corrected chi connectivity index (χ4v) is 3.94. The minimum Gasteiger partial charge on any atom is -0.390 e.